The first kappa shape index (κ1) is 43.5. The van der Waals surface area contributed by atoms with Crippen LogP contribution >= 0.6 is 0 Å². The van der Waals surface area contributed by atoms with Crippen LogP contribution in [0, 0.1) is 5.92 Å². The minimum atomic E-state index is -1.57. The van der Waals surface area contributed by atoms with Crippen LogP contribution in [0.15, 0.2) is 121 Å². The van der Waals surface area contributed by atoms with Gasteiger partial charge in [-0.1, -0.05) is 121 Å². The number of rotatable bonds is 26. The highest BCUT2D eigenvalue weighted by Gasteiger charge is 2.44. The van der Waals surface area contributed by atoms with Gasteiger partial charge in [-0.25, -0.2) is 0 Å². The summed E-state index contributed by atoms with van der Waals surface area (Å²) in [5.41, 5.74) is 4.13. The van der Waals surface area contributed by atoms with E-state index in [4.69, 9.17) is 37.9 Å². The van der Waals surface area contributed by atoms with Crippen molar-refractivity contribution in [3.05, 3.63) is 144 Å². The lowest BCUT2D eigenvalue weighted by Gasteiger charge is -2.40. The van der Waals surface area contributed by atoms with Gasteiger partial charge in [0.05, 0.1) is 79.3 Å². The van der Waals surface area contributed by atoms with Gasteiger partial charge in [-0.2, -0.15) is 0 Å². The fourth-order valence-corrected chi connectivity index (χ4v) is 5.94. The number of benzene rings is 4. The number of hydrogen-bond acceptors (Lipinski definition) is 12. The van der Waals surface area contributed by atoms with E-state index in [0.29, 0.717) is 26.4 Å². The Balaban J connectivity index is 1.24. The summed E-state index contributed by atoms with van der Waals surface area (Å²) in [6.07, 6.45) is -7.94. The van der Waals surface area contributed by atoms with Crippen LogP contribution in [0.1, 0.15) is 22.3 Å². The van der Waals surface area contributed by atoms with Gasteiger partial charge in [-0.3, -0.25) is 0 Å². The van der Waals surface area contributed by atoms with Crippen molar-refractivity contribution in [2.45, 2.75) is 69.3 Å². The summed E-state index contributed by atoms with van der Waals surface area (Å²) in [6.45, 7) is 2.35. The molecule has 0 amide bonds. The molecule has 304 valence electrons. The summed E-state index contributed by atoms with van der Waals surface area (Å²) in [5, 5.41) is 41.0. The first-order chi connectivity index (χ1) is 27.5. The SMILES string of the molecule is OC[C@H]1O[C@@H](OCC(COC(COCc2ccccc2)COCc2ccccc2)COC(COCc2ccccc2)COCc2ccccc2)[C@H](O)[C@@H](O)[C@@H]1O. The van der Waals surface area contributed by atoms with Crippen molar-refractivity contribution >= 4 is 0 Å². The van der Waals surface area contributed by atoms with Crippen LogP contribution in [-0.4, -0.2) is 116 Å². The van der Waals surface area contributed by atoms with E-state index >= 15 is 0 Å². The molecule has 12 heteroatoms. The Hall–Kier alpha value is -3.60. The Labute approximate surface area is 329 Å². The fraction of sp³-hybridized carbons (Fsp3) is 0.455. The molecule has 1 aliphatic heterocycles. The second-order valence-corrected chi connectivity index (χ2v) is 13.8. The molecule has 5 atom stereocenters. The lowest BCUT2D eigenvalue weighted by molar-refractivity contribution is -0.304. The predicted octanol–water partition coefficient (Wildman–Crippen LogP) is 4.06. The largest absolute Gasteiger partial charge is 0.394 e. The molecule has 4 aromatic carbocycles. The molecule has 0 aromatic heterocycles. The number of hydrogen-bond donors (Lipinski definition) is 4. The summed E-state index contributed by atoms with van der Waals surface area (Å²) in [4.78, 5) is 0. The van der Waals surface area contributed by atoms with Gasteiger partial charge in [-0.05, 0) is 22.3 Å². The van der Waals surface area contributed by atoms with Gasteiger partial charge in [0, 0.05) is 5.92 Å². The van der Waals surface area contributed by atoms with Crippen molar-refractivity contribution < 1.29 is 58.3 Å². The quantitative estimate of drug-likeness (QED) is 0.0728. The highest BCUT2D eigenvalue weighted by molar-refractivity contribution is 5.15. The molecule has 0 unspecified atom stereocenters. The summed E-state index contributed by atoms with van der Waals surface area (Å²) < 4.78 is 48.7. The number of ether oxygens (including phenoxy) is 8. The molecule has 5 rings (SSSR count). The molecule has 0 saturated carbocycles. The van der Waals surface area contributed by atoms with Crippen LogP contribution < -0.4 is 0 Å². The first-order valence-corrected chi connectivity index (χ1v) is 19.1. The van der Waals surface area contributed by atoms with Crippen LogP contribution in [0.5, 0.6) is 0 Å². The molecule has 1 aliphatic rings. The van der Waals surface area contributed by atoms with E-state index in [2.05, 4.69) is 0 Å². The Morgan fingerprint density at radius 2 is 0.804 bits per heavy atom. The number of aliphatic hydroxyl groups is 4. The maximum atomic E-state index is 10.7. The third-order valence-electron chi connectivity index (χ3n) is 9.14. The number of aliphatic hydroxyl groups excluding tert-OH is 4. The van der Waals surface area contributed by atoms with Crippen molar-refractivity contribution in [3.63, 3.8) is 0 Å². The molecule has 0 spiro atoms. The van der Waals surface area contributed by atoms with Crippen molar-refractivity contribution in [2.75, 3.05) is 52.9 Å². The molecule has 1 fully saturated rings. The zero-order chi connectivity index (χ0) is 39.2. The summed E-state index contributed by atoms with van der Waals surface area (Å²) in [6, 6.07) is 39.5. The second kappa shape index (κ2) is 24.9. The van der Waals surface area contributed by atoms with E-state index in [1.165, 1.54) is 0 Å². The van der Waals surface area contributed by atoms with E-state index in [-0.39, 0.29) is 46.2 Å². The third-order valence-corrected chi connectivity index (χ3v) is 9.14. The van der Waals surface area contributed by atoms with Crippen molar-refractivity contribution in [3.8, 4) is 0 Å². The third kappa shape index (κ3) is 15.4. The van der Waals surface area contributed by atoms with Gasteiger partial charge >= 0.3 is 0 Å². The molecular formula is C44H56O12. The average Bonchev–Trinajstić information content (AvgIpc) is 3.24. The second-order valence-electron chi connectivity index (χ2n) is 13.8. The topological polar surface area (TPSA) is 155 Å². The molecule has 56 heavy (non-hydrogen) atoms. The average molecular weight is 777 g/mol. The van der Waals surface area contributed by atoms with E-state index < -0.39 is 55.4 Å². The Morgan fingerprint density at radius 1 is 0.446 bits per heavy atom. The smallest absolute Gasteiger partial charge is 0.186 e. The maximum Gasteiger partial charge on any atom is 0.186 e. The first-order valence-electron chi connectivity index (χ1n) is 19.1. The van der Waals surface area contributed by atoms with Crippen LogP contribution in [-0.2, 0) is 64.3 Å². The van der Waals surface area contributed by atoms with Crippen LogP contribution in [0.3, 0.4) is 0 Å². The Morgan fingerprint density at radius 3 is 1.14 bits per heavy atom. The van der Waals surface area contributed by atoms with Gasteiger partial charge in [0.15, 0.2) is 6.29 Å². The van der Waals surface area contributed by atoms with Crippen LogP contribution in [0.25, 0.3) is 0 Å². The Kier molecular flexibility index (Phi) is 19.4. The molecule has 0 bridgehead atoms. The maximum absolute atomic E-state index is 10.7. The zero-order valence-electron chi connectivity index (χ0n) is 31.7. The zero-order valence-corrected chi connectivity index (χ0v) is 31.7. The van der Waals surface area contributed by atoms with Crippen molar-refractivity contribution in [1.29, 1.82) is 0 Å². The minimum absolute atomic E-state index is 0.0202. The molecule has 1 saturated heterocycles. The van der Waals surface area contributed by atoms with E-state index in [0.717, 1.165) is 22.3 Å². The minimum Gasteiger partial charge on any atom is -0.394 e. The van der Waals surface area contributed by atoms with Gasteiger partial charge in [0.2, 0.25) is 0 Å². The van der Waals surface area contributed by atoms with E-state index in [1.807, 2.05) is 121 Å². The van der Waals surface area contributed by atoms with Gasteiger partial charge in [0.25, 0.3) is 0 Å². The molecule has 1 heterocycles. The normalized spacial score (nSPS) is 19.9. The molecule has 0 radical (unpaired) electrons. The van der Waals surface area contributed by atoms with Crippen molar-refractivity contribution in [1.82, 2.24) is 0 Å². The monoisotopic (exact) mass is 776 g/mol. The fourth-order valence-electron chi connectivity index (χ4n) is 5.94. The molecule has 4 aromatic rings. The predicted molar refractivity (Wildman–Crippen MR) is 207 cm³/mol. The van der Waals surface area contributed by atoms with E-state index in [9.17, 15) is 20.4 Å². The summed E-state index contributed by atoms with van der Waals surface area (Å²) >= 11 is 0. The van der Waals surface area contributed by atoms with Gasteiger partial charge < -0.3 is 58.3 Å². The lowest BCUT2D eigenvalue weighted by atomic mass is 9.99. The molecule has 12 nitrogen and oxygen atoms in total. The van der Waals surface area contributed by atoms with Crippen molar-refractivity contribution in [2.24, 2.45) is 5.92 Å². The van der Waals surface area contributed by atoms with Gasteiger partial charge in [0.1, 0.15) is 36.6 Å². The summed E-state index contributed by atoms with van der Waals surface area (Å²) in [7, 11) is 0. The van der Waals surface area contributed by atoms with Crippen LogP contribution in [0.2, 0.25) is 0 Å². The molecule has 0 aliphatic carbocycles. The van der Waals surface area contributed by atoms with E-state index in [1.54, 1.807) is 0 Å². The standard InChI is InChI=1S/C44H56O12/c45-21-40-41(46)42(47)43(48)44(56-40)55-28-37(26-53-38(29-49-22-33-13-5-1-6-14-33)30-50-23-34-15-7-2-8-16-34)27-54-39(31-51-24-35-17-9-3-10-18-35)32-52-25-36-19-11-4-12-20-36/h1-20,37-48H,21-32H2/t40-,41-,42+,43-,44-/m1/s1. The highest BCUT2D eigenvalue weighted by atomic mass is 16.7. The molecular weight excluding hydrogens is 720 g/mol. The van der Waals surface area contributed by atoms with Crippen LogP contribution in [0.4, 0.5) is 0 Å². The summed E-state index contributed by atoms with van der Waals surface area (Å²) in [5.74, 6) is -0.418. The van der Waals surface area contributed by atoms with Gasteiger partial charge in [-0.15, -0.1) is 0 Å². The Bertz CT molecular complexity index is 1380. The lowest BCUT2D eigenvalue weighted by Crippen LogP contribution is -2.59. The molecule has 4 N–H and O–H groups in total. The highest BCUT2D eigenvalue weighted by Crippen LogP contribution is 2.23.